The van der Waals surface area contributed by atoms with Crippen molar-refractivity contribution in [1.29, 1.82) is 0 Å². The molecule has 1 aliphatic heterocycles. The lowest BCUT2D eigenvalue weighted by atomic mass is 10.1. The summed E-state index contributed by atoms with van der Waals surface area (Å²) in [5.74, 6) is 1.43. The van der Waals surface area contributed by atoms with Crippen LogP contribution in [0.4, 0.5) is 0 Å². The number of aromatic nitrogens is 2. The summed E-state index contributed by atoms with van der Waals surface area (Å²) in [5.41, 5.74) is 2.28. The molecule has 0 N–H and O–H groups in total. The third-order valence-corrected chi connectivity index (χ3v) is 4.72. The maximum absolute atomic E-state index is 12.5. The molecule has 1 saturated heterocycles. The van der Waals surface area contributed by atoms with Crippen LogP contribution in [0.2, 0.25) is 0 Å². The van der Waals surface area contributed by atoms with Crippen molar-refractivity contribution in [1.82, 2.24) is 20.0 Å². The minimum Gasteiger partial charge on any atom is -0.424 e. The lowest BCUT2D eigenvalue weighted by Gasteiger charge is -2.37. The van der Waals surface area contributed by atoms with E-state index in [1.807, 2.05) is 23.1 Å². The highest BCUT2D eigenvalue weighted by Gasteiger charge is 2.27. The molecule has 1 amide bonds. The highest BCUT2D eigenvalue weighted by atomic mass is 16.4. The zero-order chi connectivity index (χ0) is 17.1. The number of hydrogen-bond donors (Lipinski definition) is 0. The summed E-state index contributed by atoms with van der Waals surface area (Å²) in [4.78, 5) is 16.8. The van der Waals surface area contributed by atoms with Gasteiger partial charge < -0.3 is 9.32 Å². The number of carbonyl (C=O) groups is 1. The van der Waals surface area contributed by atoms with E-state index in [-0.39, 0.29) is 11.9 Å². The van der Waals surface area contributed by atoms with Crippen LogP contribution in [0.5, 0.6) is 0 Å². The molecule has 2 aromatic rings. The Kier molecular flexibility index (Phi) is 4.94. The molecule has 0 unspecified atom stereocenters. The van der Waals surface area contributed by atoms with Crippen LogP contribution in [-0.2, 0) is 11.2 Å². The van der Waals surface area contributed by atoms with E-state index < -0.39 is 0 Å². The number of aryl methyl sites for hydroxylation is 2. The molecule has 1 atom stereocenters. The average molecular weight is 328 g/mol. The van der Waals surface area contributed by atoms with Crippen LogP contribution in [0.3, 0.4) is 0 Å². The quantitative estimate of drug-likeness (QED) is 0.860. The lowest BCUT2D eigenvalue weighted by Crippen LogP contribution is -2.49. The van der Waals surface area contributed by atoms with Crippen molar-refractivity contribution in [3.05, 3.63) is 47.2 Å². The van der Waals surface area contributed by atoms with Gasteiger partial charge >= 0.3 is 0 Å². The Morgan fingerprint density at radius 2 is 1.88 bits per heavy atom. The van der Waals surface area contributed by atoms with Crippen LogP contribution in [0.15, 0.2) is 28.7 Å². The van der Waals surface area contributed by atoms with E-state index in [4.69, 9.17) is 4.42 Å². The second-order valence-electron chi connectivity index (χ2n) is 6.36. The molecule has 0 bridgehead atoms. The highest BCUT2D eigenvalue weighted by molar-refractivity contribution is 5.79. The molecule has 24 heavy (non-hydrogen) atoms. The Hall–Kier alpha value is -2.21. The Morgan fingerprint density at radius 1 is 1.17 bits per heavy atom. The van der Waals surface area contributed by atoms with Crippen molar-refractivity contribution >= 4 is 5.91 Å². The largest absolute Gasteiger partial charge is 0.424 e. The van der Waals surface area contributed by atoms with E-state index in [0.717, 1.165) is 31.7 Å². The van der Waals surface area contributed by atoms with Gasteiger partial charge in [-0.25, -0.2) is 0 Å². The number of carbonyl (C=O) groups excluding carboxylic acids is 1. The van der Waals surface area contributed by atoms with Crippen molar-refractivity contribution in [2.75, 3.05) is 26.2 Å². The molecule has 0 saturated carbocycles. The molecule has 3 rings (SSSR count). The fourth-order valence-electron chi connectivity index (χ4n) is 3.08. The van der Waals surface area contributed by atoms with Crippen LogP contribution in [0.25, 0.3) is 0 Å². The SMILES string of the molecule is Cc1nnc([C@@H](C)N2CCN(C(=O)Cc3ccccc3C)CC2)o1. The maximum atomic E-state index is 12.5. The van der Waals surface area contributed by atoms with Gasteiger partial charge in [0.15, 0.2) is 0 Å². The third-order valence-electron chi connectivity index (χ3n) is 4.72. The van der Waals surface area contributed by atoms with Gasteiger partial charge in [-0.3, -0.25) is 9.69 Å². The number of nitrogens with zero attached hydrogens (tertiary/aromatic N) is 4. The Bertz CT molecular complexity index is 705. The van der Waals surface area contributed by atoms with E-state index in [0.29, 0.717) is 18.2 Å². The minimum absolute atomic E-state index is 0.0832. The van der Waals surface area contributed by atoms with E-state index in [2.05, 4.69) is 35.0 Å². The standard InChI is InChI=1S/C18H24N4O2/c1-13-6-4-5-7-16(13)12-17(23)22-10-8-21(9-11-22)14(2)18-20-19-15(3)24-18/h4-7,14H,8-12H2,1-3H3/t14-/m1/s1. The number of benzene rings is 1. The molecule has 1 aromatic heterocycles. The first-order chi connectivity index (χ1) is 11.5. The van der Waals surface area contributed by atoms with Gasteiger partial charge in [-0.2, -0.15) is 0 Å². The summed E-state index contributed by atoms with van der Waals surface area (Å²) in [6.45, 7) is 9.03. The summed E-state index contributed by atoms with van der Waals surface area (Å²) in [7, 11) is 0. The van der Waals surface area contributed by atoms with Gasteiger partial charge in [0.2, 0.25) is 17.7 Å². The van der Waals surface area contributed by atoms with Gasteiger partial charge in [0.05, 0.1) is 12.5 Å². The Labute approximate surface area is 142 Å². The van der Waals surface area contributed by atoms with Crippen molar-refractivity contribution < 1.29 is 9.21 Å². The molecule has 128 valence electrons. The van der Waals surface area contributed by atoms with E-state index >= 15 is 0 Å². The molecule has 6 nitrogen and oxygen atoms in total. The van der Waals surface area contributed by atoms with Gasteiger partial charge in [0, 0.05) is 33.1 Å². The van der Waals surface area contributed by atoms with Crippen molar-refractivity contribution in [2.45, 2.75) is 33.2 Å². The lowest BCUT2D eigenvalue weighted by molar-refractivity contribution is -0.132. The van der Waals surface area contributed by atoms with Gasteiger partial charge in [0.25, 0.3) is 0 Å². The van der Waals surface area contributed by atoms with Crippen LogP contribution < -0.4 is 0 Å². The van der Waals surface area contributed by atoms with Crippen LogP contribution in [0.1, 0.15) is 35.9 Å². The van der Waals surface area contributed by atoms with E-state index in [9.17, 15) is 4.79 Å². The summed E-state index contributed by atoms with van der Waals surface area (Å²) >= 11 is 0. The van der Waals surface area contributed by atoms with Gasteiger partial charge in [0.1, 0.15) is 0 Å². The summed E-state index contributed by atoms with van der Waals surface area (Å²) in [6.07, 6.45) is 0.477. The van der Waals surface area contributed by atoms with Gasteiger partial charge in [-0.05, 0) is 25.0 Å². The normalized spacial score (nSPS) is 17.0. The molecule has 0 radical (unpaired) electrons. The second kappa shape index (κ2) is 7.13. The smallest absolute Gasteiger partial charge is 0.233 e. The van der Waals surface area contributed by atoms with Gasteiger partial charge in [-0.15, -0.1) is 10.2 Å². The zero-order valence-corrected chi connectivity index (χ0v) is 14.5. The Balaban J connectivity index is 1.55. The average Bonchev–Trinajstić information content (AvgIpc) is 3.03. The number of amides is 1. The summed E-state index contributed by atoms with van der Waals surface area (Å²) < 4.78 is 5.52. The highest BCUT2D eigenvalue weighted by Crippen LogP contribution is 2.20. The maximum Gasteiger partial charge on any atom is 0.233 e. The molecule has 1 aromatic carbocycles. The van der Waals surface area contributed by atoms with Crippen molar-refractivity contribution in [3.63, 3.8) is 0 Å². The molecule has 6 heteroatoms. The van der Waals surface area contributed by atoms with Crippen LogP contribution in [0, 0.1) is 13.8 Å². The Morgan fingerprint density at radius 3 is 2.50 bits per heavy atom. The van der Waals surface area contributed by atoms with E-state index in [1.165, 1.54) is 5.56 Å². The molecular formula is C18H24N4O2. The monoisotopic (exact) mass is 328 g/mol. The zero-order valence-electron chi connectivity index (χ0n) is 14.5. The number of piperazine rings is 1. The van der Waals surface area contributed by atoms with Crippen molar-refractivity contribution in [2.24, 2.45) is 0 Å². The first kappa shape index (κ1) is 16.6. The molecule has 1 aliphatic rings. The molecule has 0 aliphatic carbocycles. The summed E-state index contributed by atoms with van der Waals surface area (Å²) in [6, 6.07) is 8.16. The molecule has 1 fully saturated rings. The topological polar surface area (TPSA) is 62.5 Å². The summed E-state index contributed by atoms with van der Waals surface area (Å²) in [5, 5.41) is 7.99. The predicted molar refractivity (Wildman–Crippen MR) is 90.5 cm³/mol. The predicted octanol–water partition coefficient (Wildman–Crippen LogP) is 2.13. The van der Waals surface area contributed by atoms with Gasteiger partial charge in [-0.1, -0.05) is 24.3 Å². The first-order valence-corrected chi connectivity index (χ1v) is 8.41. The molecule has 0 spiro atoms. The van der Waals surface area contributed by atoms with Crippen molar-refractivity contribution in [3.8, 4) is 0 Å². The fraction of sp³-hybridized carbons (Fsp3) is 0.500. The second-order valence-corrected chi connectivity index (χ2v) is 6.36. The van der Waals surface area contributed by atoms with E-state index in [1.54, 1.807) is 6.92 Å². The van der Waals surface area contributed by atoms with Crippen LogP contribution >= 0.6 is 0 Å². The fourth-order valence-corrected chi connectivity index (χ4v) is 3.08. The minimum atomic E-state index is 0.0832. The molecular weight excluding hydrogens is 304 g/mol. The first-order valence-electron chi connectivity index (χ1n) is 8.41. The van der Waals surface area contributed by atoms with Crippen LogP contribution in [-0.4, -0.2) is 52.1 Å². The molecule has 2 heterocycles. The number of hydrogen-bond acceptors (Lipinski definition) is 5. The third kappa shape index (κ3) is 3.64. The number of rotatable bonds is 4.